The predicted molar refractivity (Wildman–Crippen MR) is 65.2 cm³/mol. The van der Waals surface area contributed by atoms with E-state index in [1.807, 2.05) is 16.8 Å². The number of nitrogens with one attached hydrogen (secondary N) is 1. The molecule has 0 atom stereocenters. The summed E-state index contributed by atoms with van der Waals surface area (Å²) in [6, 6.07) is 6.88. The van der Waals surface area contributed by atoms with Gasteiger partial charge in [-0.05, 0) is 30.5 Å². The summed E-state index contributed by atoms with van der Waals surface area (Å²) in [6.07, 6.45) is 6.38. The first-order valence-electron chi connectivity index (χ1n) is 5.91. The van der Waals surface area contributed by atoms with Gasteiger partial charge in [0.2, 0.25) is 0 Å². The average molecular weight is 226 g/mol. The molecule has 0 unspecified atom stereocenters. The summed E-state index contributed by atoms with van der Waals surface area (Å²) < 4.78 is 1.92. The zero-order chi connectivity index (χ0) is 11.7. The monoisotopic (exact) mass is 226 g/mol. The molecule has 1 saturated carbocycles. The van der Waals surface area contributed by atoms with E-state index in [4.69, 9.17) is 5.26 Å². The van der Waals surface area contributed by atoms with Gasteiger partial charge in [0.15, 0.2) is 0 Å². The van der Waals surface area contributed by atoms with Crippen molar-refractivity contribution in [2.45, 2.75) is 32.0 Å². The number of pyridine rings is 1. The smallest absolute Gasteiger partial charge is 0.141 e. The van der Waals surface area contributed by atoms with Crippen molar-refractivity contribution in [3.8, 4) is 6.07 Å². The number of hydrogen-bond acceptors (Lipinski definition) is 3. The lowest BCUT2D eigenvalue weighted by Crippen LogP contribution is -2.14. The van der Waals surface area contributed by atoms with Crippen LogP contribution >= 0.6 is 0 Å². The van der Waals surface area contributed by atoms with E-state index >= 15 is 0 Å². The number of rotatable bonds is 4. The third-order valence-corrected chi connectivity index (χ3v) is 3.12. The van der Waals surface area contributed by atoms with E-state index in [0.717, 1.165) is 17.6 Å². The Morgan fingerprint density at radius 2 is 2.41 bits per heavy atom. The molecular weight excluding hydrogens is 212 g/mol. The van der Waals surface area contributed by atoms with E-state index in [2.05, 4.69) is 22.4 Å². The fourth-order valence-electron chi connectivity index (χ4n) is 2.07. The maximum atomic E-state index is 8.80. The van der Waals surface area contributed by atoms with Gasteiger partial charge in [-0.15, -0.1) is 0 Å². The highest BCUT2D eigenvalue weighted by atomic mass is 15.0. The topological polar surface area (TPSA) is 53.6 Å². The van der Waals surface area contributed by atoms with Crippen LogP contribution in [0.3, 0.4) is 0 Å². The Morgan fingerprint density at radius 1 is 1.53 bits per heavy atom. The lowest BCUT2D eigenvalue weighted by Gasteiger charge is -1.99. The molecule has 86 valence electrons. The largest absolute Gasteiger partial charge is 0.318 e. The van der Waals surface area contributed by atoms with Crippen molar-refractivity contribution in [3.63, 3.8) is 0 Å². The summed E-state index contributed by atoms with van der Waals surface area (Å²) >= 11 is 0. The van der Waals surface area contributed by atoms with E-state index in [-0.39, 0.29) is 0 Å². The van der Waals surface area contributed by atoms with Crippen LogP contribution in [-0.2, 0) is 13.1 Å². The molecule has 2 aromatic rings. The highest BCUT2D eigenvalue weighted by Crippen LogP contribution is 2.22. The molecule has 1 N–H and O–H groups in total. The minimum Gasteiger partial charge on any atom is -0.318 e. The van der Waals surface area contributed by atoms with E-state index in [1.54, 1.807) is 6.20 Å². The van der Waals surface area contributed by atoms with Gasteiger partial charge in [-0.3, -0.25) is 0 Å². The van der Waals surface area contributed by atoms with E-state index < -0.39 is 0 Å². The molecule has 1 fully saturated rings. The molecule has 17 heavy (non-hydrogen) atoms. The van der Waals surface area contributed by atoms with Crippen molar-refractivity contribution in [2.24, 2.45) is 0 Å². The minimum atomic E-state index is 0.358. The standard InChI is InChI=1S/C13H14N4/c14-5-7-17-9-10(8-16-11-3-4-11)12-2-1-6-15-13(12)17/h1-2,6,9,11,16H,3-4,7-8H2. The van der Waals surface area contributed by atoms with Gasteiger partial charge in [0, 0.05) is 30.4 Å². The SMILES string of the molecule is N#CCn1cc(CNC2CC2)c2cccnc21. The van der Waals surface area contributed by atoms with Crippen LogP contribution in [0.1, 0.15) is 18.4 Å². The van der Waals surface area contributed by atoms with Gasteiger partial charge in [0.25, 0.3) is 0 Å². The second kappa shape index (κ2) is 4.19. The van der Waals surface area contributed by atoms with Crippen LogP contribution in [0.25, 0.3) is 11.0 Å². The molecule has 2 aromatic heterocycles. The summed E-state index contributed by atoms with van der Waals surface area (Å²) in [5.41, 5.74) is 2.14. The average Bonchev–Trinajstić information content (AvgIpc) is 3.12. The molecule has 4 heteroatoms. The Labute approximate surface area is 99.9 Å². The van der Waals surface area contributed by atoms with Crippen LogP contribution in [-0.4, -0.2) is 15.6 Å². The molecule has 0 amide bonds. The van der Waals surface area contributed by atoms with Crippen LogP contribution in [0.5, 0.6) is 0 Å². The molecule has 0 spiro atoms. The quantitative estimate of drug-likeness (QED) is 0.865. The zero-order valence-corrected chi connectivity index (χ0v) is 9.56. The van der Waals surface area contributed by atoms with Gasteiger partial charge in [0.05, 0.1) is 6.07 Å². The van der Waals surface area contributed by atoms with Crippen molar-refractivity contribution < 1.29 is 0 Å². The van der Waals surface area contributed by atoms with Crippen LogP contribution in [0.2, 0.25) is 0 Å². The first kappa shape index (κ1) is 10.3. The Hall–Kier alpha value is -1.86. The Bertz CT molecular complexity index is 575. The van der Waals surface area contributed by atoms with E-state index in [0.29, 0.717) is 12.6 Å². The molecule has 2 heterocycles. The number of nitrogens with zero attached hydrogens (tertiary/aromatic N) is 3. The van der Waals surface area contributed by atoms with Crippen molar-refractivity contribution in [1.82, 2.24) is 14.9 Å². The highest BCUT2D eigenvalue weighted by molar-refractivity contribution is 5.80. The summed E-state index contributed by atoms with van der Waals surface area (Å²) in [5, 5.41) is 13.4. The van der Waals surface area contributed by atoms with Crippen molar-refractivity contribution in [1.29, 1.82) is 5.26 Å². The van der Waals surface area contributed by atoms with Gasteiger partial charge >= 0.3 is 0 Å². The van der Waals surface area contributed by atoms with Gasteiger partial charge in [-0.2, -0.15) is 5.26 Å². The van der Waals surface area contributed by atoms with Gasteiger partial charge < -0.3 is 9.88 Å². The molecule has 3 rings (SSSR count). The van der Waals surface area contributed by atoms with Gasteiger partial charge in [-0.1, -0.05) is 0 Å². The summed E-state index contributed by atoms with van der Waals surface area (Å²) in [4.78, 5) is 4.35. The van der Waals surface area contributed by atoms with Crippen LogP contribution in [0.15, 0.2) is 24.5 Å². The maximum absolute atomic E-state index is 8.80. The van der Waals surface area contributed by atoms with Gasteiger partial charge in [0.1, 0.15) is 12.2 Å². The predicted octanol–water partition coefficient (Wildman–Crippen LogP) is 1.81. The van der Waals surface area contributed by atoms with Crippen molar-refractivity contribution in [3.05, 3.63) is 30.1 Å². The molecule has 4 nitrogen and oxygen atoms in total. The van der Waals surface area contributed by atoms with Crippen LogP contribution < -0.4 is 5.32 Å². The summed E-state index contributed by atoms with van der Waals surface area (Å²) in [7, 11) is 0. The number of aromatic nitrogens is 2. The Balaban J connectivity index is 1.95. The summed E-state index contributed by atoms with van der Waals surface area (Å²) in [5.74, 6) is 0. The van der Waals surface area contributed by atoms with Crippen LogP contribution in [0.4, 0.5) is 0 Å². The van der Waals surface area contributed by atoms with Crippen LogP contribution in [0, 0.1) is 11.3 Å². The Morgan fingerprint density at radius 3 is 3.18 bits per heavy atom. The van der Waals surface area contributed by atoms with Crippen molar-refractivity contribution in [2.75, 3.05) is 0 Å². The van der Waals surface area contributed by atoms with E-state index in [9.17, 15) is 0 Å². The summed E-state index contributed by atoms with van der Waals surface area (Å²) in [6.45, 7) is 1.22. The fourth-order valence-corrected chi connectivity index (χ4v) is 2.07. The second-order valence-electron chi connectivity index (χ2n) is 4.47. The highest BCUT2D eigenvalue weighted by Gasteiger charge is 2.20. The molecule has 0 aromatic carbocycles. The third kappa shape index (κ3) is 2.02. The van der Waals surface area contributed by atoms with E-state index in [1.165, 1.54) is 18.4 Å². The molecular formula is C13H14N4. The molecule has 0 radical (unpaired) electrons. The molecule has 1 aliphatic carbocycles. The lowest BCUT2D eigenvalue weighted by molar-refractivity contribution is 0.688. The normalized spacial score (nSPS) is 15.0. The molecule has 0 bridgehead atoms. The minimum absolute atomic E-state index is 0.358. The molecule has 0 saturated heterocycles. The fraction of sp³-hybridized carbons (Fsp3) is 0.385. The number of nitriles is 1. The first-order chi connectivity index (χ1) is 8.38. The first-order valence-corrected chi connectivity index (χ1v) is 5.91. The lowest BCUT2D eigenvalue weighted by atomic mass is 10.2. The number of hydrogen-bond donors (Lipinski definition) is 1. The zero-order valence-electron chi connectivity index (χ0n) is 9.56. The van der Waals surface area contributed by atoms with Crippen molar-refractivity contribution >= 4 is 11.0 Å². The second-order valence-corrected chi connectivity index (χ2v) is 4.47. The molecule has 0 aliphatic heterocycles. The Kier molecular flexibility index (Phi) is 2.54. The van der Waals surface area contributed by atoms with Gasteiger partial charge in [-0.25, -0.2) is 4.98 Å². The molecule has 1 aliphatic rings. The third-order valence-electron chi connectivity index (χ3n) is 3.12. The maximum Gasteiger partial charge on any atom is 0.141 e. The number of fused-ring (bicyclic) bond motifs is 1.